The summed E-state index contributed by atoms with van der Waals surface area (Å²) in [5.41, 5.74) is 1.14. The van der Waals surface area contributed by atoms with Crippen LogP contribution in [0.1, 0.15) is 37.3 Å². The number of likely N-dealkylation sites (N-methyl/N-ethyl adjacent to an activating group) is 1. The van der Waals surface area contributed by atoms with Crippen molar-refractivity contribution < 1.29 is 17.6 Å². The van der Waals surface area contributed by atoms with Gasteiger partial charge < -0.3 is 4.90 Å². The first-order valence-corrected chi connectivity index (χ1v) is 11.0. The van der Waals surface area contributed by atoms with E-state index in [4.69, 9.17) is 0 Å². The molecular formula is C21H24FN3O3S. The predicted octanol–water partition coefficient (Wildman–Crippen LogP) is 3.08. The summed E-state index contributed by atoms with van der Waals surface area (Å²) in [6.07, 6.45) is 2.15. The molecule has 2 aromatic rings. The first-order chi connectivity index (χ1) is 13.8. The molecule has 1 unspecified atom stereocenters. The molecular weight excluding hydrogens is 393 g/mol. The summed E-state index contributed by atoms with van der Waals surface area (Å²) in [7, 11) is -2.03. The van der Waals surface area contributed by atoms with E-state index in [1.165, 1.54) is 23.1 Å². The highest BCUT2D eigenvalue weighted by molar-refractivity contribution is 7.90. The molecule has 1 aliphatic heterocycles. The van der Waals surface area contributed by atoms with Crippen molar-refractivity contribution in [1.29, 1.82) is 0 Å². The Kier molecular flexibility index (Phi) is 6.32. The molecule has 6 nitrogen and oxygen atoms in total. The van der Waals surface area contributed by atoms with Crippen LogP contribution in [0.15, 0.2) is 58.4 Å². The molecule has 1 heterocycles. The Morgan fingerprint density at radius 1 is 1.21 bits per heavy atom. The summed E-state index contributed by atoms with van der Waals surface area (Å²) in [6.45, 7) is 2.26. The van der Waals surface area contributed by atoms with Crippen molar-refractivity contribution in [2.24, 2.45) is 4.99 Å². The normalized spacial score (nSPS) is 16.9. The smallest absolute Gasteiger partial charge is 0.263 e. The minimum Gasteiger partial charge on any atom is -0.340 e. The minimum absolute atomic E-state index is 0.161. The fourth-order valence-corrected chi connectivity index (χ4v) is 4.51. The van der Waals surface area contributed by atoms with Crippen LogP contribution in [0.5, 0.6) is 0 Å². The number of sulfonamides is 1. The van der Waals surface area contributed by atoms with Gasteiger partial charge in [-0.1, -0.05) is 44.0 Å². The maximum atomic E-state index is 13.4. The quantitative estimate of drug-likeness (QED) is 0.752. The van der Waals surface area contributed by atoms with E-state index in [1.807, 2.05) is 6.92 Å². The highest BCUT2D eigenvalue weighted by Gasteiger charge is 2.32. The van der Waals surface area contributed by atoms with Crippen molar-refractivity contribution in [3.63, 3.8) is 0 Å². The van der Waals surface area contributed by atoms with E-state index in [-0.39, 0.29) is 29.0 Å². The zero-order valence-electron chi connectivity index (χ0n) is 16.4. The lowest BCUT2D eigenvalue weighted by molar-refractivity contribution is -0.131. The number of fused-ring (bicyclic) bond motifs is 1. The number of rotatable bonds is 7. The first-order valence-electron chi connectivity index (χ1n) is 9.51. The van der Waals surface area contributed by atoms with E-state index < -0.39 is 16.1 Å². The van der Waals surface area contributed by atoms with Crippen molar-refractivity contribution in [3.8, 4) is 0 Å². The first kappa shape index (κ1) is 21.0. The fraction of sp³-hybridized carbons (Fsp3) is 0.333. The number of hydrogen-bond donors (Lipinski definition) is 1. The molecule has 1 N–H and O–H groups in total. The Morgan fingerprint density at radius 2 is 1.97 bits per heavy atom. The van der Waals surface area contributed by atoms with Gasteiger partial charge in [0.15, 0.2) is 0 Å². The highest BCUT2D eigenvalue weighted by atomic mass is 32.2. The van der Waals surface area contributed by atoms with Gasteiger partial charge in [0.2, 0.25) is 5.91 Å². The number of benzene rings is 2. The molecule has 8 heteroatoms. The lowest BCUT2D eigenvalue weighted by atomic mass is 10.1. The van der Waals surface area contributed by atoms with Crippen LogP contribution in [0.25, 0.3) is 0 Å². The van der Waals surface area contributed by atoms with Gasteiger partial charge in [0.05, 0.1) is 4.90 Å². The van der Waals surface area contributed by atoms with E-state index in [0.717, 1.165) is 12.8 Å². The summed E-state index contributed by atoms with van der Waals surface area (Å²) in [6, 6.07) is 11.9. The van der Waals surface area contributed by atoms with Crippen LogP contribution >= 0.6 is 0 Å². The SMILES string of the molecule is CCCCC(N=C1NS(=O)(=O)c2ccccc21)C(=O)N(C)Cc1cccc(F)c1. The second kappa shape index (κ2) is 8.73. The van der Waals surface area contributed by atoms with Gasteiger partial charge in [-0.05, 0) is 36.2 Å². The minimum atomic E-state index is -3.67. The molecule has 0 aromatic heterocycles. The molecule has 1 atom stereocenters. The standard InChI is InChI=1S/C21H24FN3O3S/c1-3-4-11-18(21(26)25(2)14-15-8-7-9-16(22)13-15)23-20-17-10-5-6-12-19(17)29(27,28)24-20/h5-10,12-13,18H,3-4,11,14H2,1-2H3,(H,23,24). The molecule has 0 spiro atoms. The van der Waals surface area contributed by atoms with Gasteiger partial charge in [-0.2, -0.15) is 0 Å². The summed E-state index contributed by atoms with van der Waals surface area (Å²) >= 11 is 0. The average Bonchev–Trinajstić information content (AvgIpc) is 2.95. The Hall–Kier alpha value is -2.74. The molecule has 3 rings (SSSR count). The molecule has 29 heavy (non-hydrogen) atoms. The number of unbranched alkanes of at least 4 members (excludes halogenated alkanes) is 1. The molecule has 2 aromatic carbocycles. The van der Waals surface area contributed by atoms with Crippen molar-refractivity contribution in [3.05, 3.63) is 65.5 Å². The van der Waals surface area contributed by atoms with Crippen molar-refractivity contribution in [2.75, 3.05) is 7.05 Å². The number of hydrogen-bond acceptors (Lipinski definition) is 4. The van der Waals surface area contributed by atoms with Gasteiger partial charge in [-0.3, -0.25) is 14.5 Å². The third kappa shape index (κ3) is 4.82. The van der Waals surface area contributed by atoms with E-state index >= 15 is 0 Å². The Labute approximate surface area is 170 Å². The number of carbonyl (C=O) groups excluding carboxylic acids is 1. The van der Waals surface area contributed by atoms with Gasteiger partial charge >= 0.3 is 0 Å². The van der Waals surface area contributed by atoms with E-state index in [9.17, 15) is 17.6 Å². The molecule has 0 saturated carbocycles. The number of amides is 1. The van der Waals surface area contributed by atoms with Gasteiger partial charge in [0.1, 0.15) is 17.7 Å². The fourth-order valence-electron chi connectivity index (χ4n) is 3.27. The Bertz CT molecular complexity index is 1040. The maximum absolute atomic E-state index is 13.4. The molecule has 154 valence electrons. The number of halogens is 1. The number of amidine groups is 1. The third-order valence-corrected chi connectivity index (χ3v) is 6.15. The number of nitrogens with one attached hydrogen (secondary N) is 1. The van der Waals surface area contributed by atoms with Crippen LogP contribution in [-0.2, 0) is 21.4 Å². The molecule has 0 radical (unpaired) electrons. The van der Waals surface area contributed by atoms with Crippen molar-refractivity contribution >= 4 is 21.8 Å². The second-order valence-corrected chi connectivity index (χ2v) is 8.71. The number of aliphatic imine (C=N–C) groups is 1. The largest absolute Gasteiger partial charge is 0.340 e. The molecule has 1 amide bonds. The summed E-state index contributed by atoms with van der Waals surface area (Å²) in [4.78, 5) is 19.2. The predicted molar refractivity (Wildman–Crippen MR) is 109 cm³/mol. The van der Waals surface area contributed by atoms with Crippen LogP contribution in [0.3, 0.4) is 0 Å². The molecule has 0 saturated heterocycles. The van der Waals surface area contributed by atoms with Gasteiger partial charge in [0.25, 0.3) is 10.0 Å². The Balaban J connectivity index is 1.86. The van der Waals surface area contributed by atoms with E-state index in [2.05, 4.69) is 9.71 Å². The molecule has 1 aliphatic rings. The van der Waals surface area contributed by atoms with Gasteiger partial charge in [-0.25, -0.2) is 12.8 Å². The lowest BCUT2D eigenvalue weighted by Crippen LogP contribution is -2.36. The van der Waals surface area contributed by atoms with Crippen LogP contribution in [0, 0.1) is 5.82 Å². The van der Waals surface area contributed by atoms with Crippen LogP contribution < -0.4 is 4.72 Å². The zero-order valence-corrected chi connectivity index (χ0v) is 17.2. The monoisotopic (exact) mass is 417 g/mol. The van der Waals surface area contributed by atoms with Crippen molar-refractivity contribution in [1.82, 2.24) is 9.62 Å². The van der Waals surface area contributed by atoms with Crippen LogP contribution in [0.2, 0.25) is 0 Å². The lowest BCUT2D eigenvalue weighted by Gasteiger charge is -2.22. The Morgan fingerprint density at radius 3 is 2.69 bits per heavy atom. The van der Waals surface area contributed by atoms with Crippen molar-refractivity contribution in [2.45, 2.75) is 43.7 Å². The molecule has 0 aliphatic carbocycles. The summed E-state index contributed by atoms with van der Waals surface area (Å²) < 4.78 is 40.5. The van der Waals surface area contributed by atoms with Gasteiger partial charge in [-0.15, -0.1) is 0 Å². The molecule has 0 bridgehead atoms. The second-order valence-electron chi connectivity index (χ2n) is 7.06. The average molecular weight is 418 g/mol. The van der Waals surface area contributed by atoms with Crippen LogP contribution in [0.4, 0.5) is 4.39 Å². The van der Waals surface area contributed by atoms with E-state index in [0.29, 0.717) is 17.5 Å². The zero-order chi connectivity index (χ0) is 21.0. The number of nitrogens with zero attached hydrogens (tertiary/aromatic N) is 2. The topological polar surface area (TPSA) is 78.8 Å². The molecule has 0 fully saturated rings. The number of carbonyl (C=O) groups is 1. The third-order valence-electron chi connectivity index (χ3n) is 4.75. The maximum Gasteiger partial charge on any atom is 0.263 e. The van der Waals surface area contributed by atoms with Crippen LogP contribution in [-0.4, -0.2) is 38.2 Å². The van der Waals surface area contributed by atoms with Gasteiger partial charge in [0, 0.05) is 19.2 Å². The summed E-state index contributed by atoms with van der Waals surface area (Å²) in [5.74, 6) is -0.406. The van der Waals surface area contributed by atoms with E-state index in [1.54, 1.807) is 37.4 Å². The highest BCUT2D eigenvalue weighted by Crippen LogP contribution is 2.23. The summed E-state index contributed by atoms with van der Waals surface area (Å²) in [5, 5.41) is 0.